The van der Waals surface area contributed by atoms with Crippen LogP contribution in [-0.2, 0) is 16.1 Å². The highest BCUT2D eigenvalue weighted by molar-refractivity contribution is 7.99. The number of aromatic nitrogens is 4. The van der Waals surface area contributed by atoms with Crippen molar-refractivity contribution >= 4 is 29.3 Å². The standard InChI is InChI=1S/C22H27N7O3S/c1-16-5-3-6-17(2)21(16)23-19(30)14-27-8-10-28(11-9-27)20(31)15-33-22-24-25-26-29(22)13-18-7-4-12-32-18/h3-7,12H,8-11,13-15H2,1-2H3,(H,23,30). The van der Waals surface area contributed by atoms with Gasteiger partial charge in [0.25, 0.3) is 0 Å². The molecule has 11 heteroatoms. The molecular weight excluding hydrogens is 442 g/mol. The lowest BCUT2D eigenvalue weighted by atomic mass is 10.1. The number of amides is 2. The molecular formula is C22H27N7O3S. The second kappa shape index (κ2) is 10.6. The maximum Gasteiger partial charge on any atom is 0.238 e. The summed E-state index contributed by atoms with van der Waals surface area (Å²) >= 11 is 1.31. The first-order valence-corrected chi connectivity index (χ1v) is 11.8. The molecule has 1 saturated heterocycles. The van der Waals surface area contributed by atoms with Crippen LogP contribution < -0.4 is 5.32 Å². The Labute approximate surface area is 196 Å². The molecule has 0 bridgehead atoms. The monoisotopic (exact) mass is 469 g/mol. The molecule has 4 rings (SSSR count). The van der Waals surface area contributed by atoms with Gasteiger partial charge in [0.2, 0.25) is 17.0 Å². The molecule has 0 aliphatic carbocycles. The number of benzene rings is 1. The highest BCUT2D eigenvalue weighted by Crippen LogP contribution is 2.20. The SMILES string of the molecule is Cc1cccc(C)c1NC(=O)CN1CCN(C(=O)CSc2nnnn2Cc2ccco2)CC1. The fraction of sp³-hybridized carbons (Fsp3) is 0.409. The average Bonchev–Trinajstić information content (AvgIpc) is 3.48. The van der Waals surface area contributed by atoms with E-state index in [1.54, 1.807) is 10.9 Å². The van der Waals surface area contributed by atoms with E-state index in [0.29, 0.717) is 44.4 Å². The number of hydrogen-bond acceptors (Lipinski definition) is 8. The number of tetrazole rings is 1. The number of hydrogen-bond donors (Lipinski definition) is 1. The number of carbonyl (C=O) groups excluding carboxylic acids is 2. The number of thioether (sulfide) groups is 1. The lowest BCUT2D eigenvalue weighted by Gasteiger charge is -2.34. The van der Waals surface area contributed by atoms with Crippen LogP contribution in [0.25, 0.3) is 0 Å². The topological polar surface area (TPSA) is 109 Å². The van der Waals surface area contributed by atoms with E-state index >= 15 is 0 Å². The Morgan fingerprint density at radius 3 is 2.55 bits per heavy atom. The molecule has 1 aromatic carbocycles. The zero-order valence-electron chi connectivity index (χ0n) is 18.7. The molecule has 1 aliphatic rings. The third-order valence-electron chi connectivity index (χ3n) is 5.55. The van der Waals surface area contributed by atoms with E-state index in [1.165, 1.54) is 11.8 Å². The molecule has 1 N–H and O–H groups in total. The quantitative estimate of drug-likeness (QED) is 0.498. The van der Waals surface area contributed by atoms with Crippen LogP contribution >= 0.6 is 11.8 Å². The third kappa shape index (κ3) is 5.99. The van der Waals surface area contributed by atoms with Crippen LogP contribution in [0.5, 0.6) is 0 Å². The van der Waals surface area contributed by atoms with Crippen molar-refractivity contribution < 1.29 is 14.0 Å². The fourth-order valence-corrected chi connectivity index (χ4v) is 4.50. The number of anilines is 1. The number of aryl methyl sites for hydroxylation is 2. The van der Waals surface area contributed by atoms with Crippen LogP contribution in [0.3, 0.4) is 0 Å². The molecule has 0 atom stereocenters. The fourth-order valence-electron chi connectivity index (χ4n) is 3.72. The van der Waals surface area contributed by atoms with Gasteiger partial charge in [0.1, 0.15) is 12.3 Å². The van der Waals surface area contributed by atoms with E-state index in [4.69, 9.17) is 4.42 Å². The molecule has 0 radical (unpaired) electrons. The first-order valence-electron chi connectivity index (χ1n) is 10.8. The molecule has 0 saturated carbocycles. The molecule has 1 fully saturated rings. The van der Waals surface area contributed by atoms with Gasteiger partial charge >= 0.3 is 0 Å². The van der Waals surface area contributed by atoms with Gasteiger partial charge in [0.15, 0.2) is 0 Å². The number of nitrogens with zero attached hydrogens (tertiary/aromatic N) is 6. The first-order chi connectivity index (χ1) is 16.0. The van der Waals surface area contributed by atoms with E-state index in [0.717, 1.165) is 22.6 Å². The van der Waals surface area contributed by atoms with Crippen LogP contribution in [0.4, 0.5) is 5.69 Å². The summed E-state index contributed by atoms with van der Waals surface area (Å²) in [4.78, 5) is 29.1. The second-order valence-electron chi connectivity index (χ2n) is 7.96. The van der Waals surface area contributed by atoms with E-state index < -0.39 is 0 Å². The number of para-hydroxylation sites is 1. The zero-order valence-corrected chi connectivity index (χ0v) is 19.5. The Hall–Kier alpha value is -3.18. The number of rotatable bonds is 8. The van der Waals surface area contributed by atoms with Crippen molar-refractivity contribution in [2.45, 2.75) is 25.5 Å². The molecule has 3 heterocycles. The smallest absolute Gasteiger partial charge is 0.238 e. The summed E-state index contributed by atoms with van der Waals surface area (Å²) in [6, 6.07) is 9.61. The van der Waals surface area contributed by atoms with Gasteiger partial charge in [-0.15, -0.1) is 5.10 Å². The van der Waals surface area contributed by atoms with E-state index in [2.05, 4.69) is 25.7 Å². The van der Waals surface area contributed by atoms with Crippen molar-refractivity contribution in [2.24, 2.45) is 0 Å². The summed E-state index contributed by atoms with van der Waals surface area (Å²) in [5.74, 6) is 0.998. The zero-order chi connectivity index (χ0) is 23.2. The number of furan rings is 1. The van der Waals surface area contributed by atoms with Crippen LogP contribution in [0.2, 0.25) is 0 Å². The van der Waals surface area contributed by atoms with Crippen molar-refractivity contribution in [1.82, 2.24) is 30.0 Å². The molecule has 174 valence electrons. The Kier molecular flexibility index (Phi) is 7.40. The highest BCUT2D eigenvalue weighted by atomic mass is 32.2. The summed E-state index contributed by atoms with van der Waals surface area (Å²) in [5.41, 5.74) is 2.97. The minimum atomic E-state index is -0.0360. The predicted molar refractivity (Wildman–Crippen MR) is 124 cm³/mol. The van der Waals surface area contributed by atoms with Gasteiger partial charge in [-0.1, -0.05) is 30.0 Å². The minimum absolute atomic E-state index is 0.0344. The Morgan fingerprint density at radius 1 is 1.09 bits per heavy atom. The number of piperazine rings is 1. The van der Waals surface area contributed by atoms with E-state index in [9.17, 15) is 9.59 Å². The largest absolute Gasteiger partial charge is 0.467 e. The number of carbonyl (C=O) groups is 2. The maximum absolute atomic E-state index is 12.7. The molecule has 3 aromatic rings. The van der Waals surface area contributed by atoms with E-state index in [-0.39, 0.29) is 17.6 Å². The van der Waals surface area contributed by atoms with Crippen molar-refractivity contribution in [3.05, 3.63) is 53.5 Å². The molecule has 0 unspecified atom stereocenters. The lowest BCUT2D eigenvalue weighted by Crippen LogP contribution is -2.51. The van der Waals surface area contributed by atoms with E-state index in [1.807, 2.05) is 49.1 Å². The molecule has 1 aliphatic heterocycles. The van der Waals surface area contributed by atoms with Crippen LogP contribution in [0.15, 0.2) is 46.2 Å². The van der Waals surface area contributed by atoms with Gasteiger partial charge in [-0.2, -0.15) is 0 Å². The molecule has 10 nitrogen and oxygen atoms in total. The Morgan fingerprint density at radius 2 is 1.85 bits per heavy atom. The summed E-state index contributed by atoms with van der Waals surface area (Å²) in [6.07, 6.45) is 1.60. The Bertz CT molecular complexity index is 1070. The van der Waals surface area contributed by atoms with Gasteiger partial charge < -0.3 is 14.6 Å². The molecule has 0 spiro atoms. The third-order valence-corrected chi connectivity index (χ3v) is 6.49. The summed E-state index contributed by atoms with van der Waals surface area (Å²) in [6.45, 7) is 7.20. The first kappa shape index (κ1) is 23.0. The van der Waals surface area contributed by atoms with Crippen molar-refractivity contribution in [3.63, 3.8) is 0 Å². The van der Waals surface area contributed by atoms with Gasteiger partial charge in [0.05, 0.1) is 18.6 Å². The van der Waals surface area contributed by atoms with Gasteiger partial charge in [0, 0.05) is 31.9 Å². The summed E-state index contributed by atoms with van der Waals surface area (Å²) < 4.78 is 6.95. The van der Waals surface area contributed by atoms with Gasteiger partial charge in [-0.3, -0.25) is 14.5 Å². The van der Waals surface area contributed by atoms with Crippen molar-refractivity contribution in [1.29, 1.82) is 0 Å². The normalized spacial score (nSPS) is 14.4. The molecule has 33 heavy (non-hydrogen) atoms. The van der Waals surface area contributed by atoms with Gasteiger partial charge in [-0.25, -0.2) is 4.68 Å². The number of nitrogens with one attached hydrogen (secondary N) is 1. The Balaban J connectivity index is 1.21. The molecule has 2 aromatic heterocycles. The van der Waals surface area contributed by atoms with Crippen molar-refractivity contribution in [3.8, 4) is 0 Å². The minimum Gasteiger partial charge on any atom is -0.467 e. The second-order valence-corrected chi connectivity index (χ2v) is 8.90. The van der Waals surface area contributed by atoms with Crippen molar-refractivity contribution in [2.75, 3.05) is 43.8 Å². The highest BCUT2D eigenvalue weighted by Gasteiger charge is 2.23. The van der Waals surface area contributed by atoms with Crippen LogP contribution in [-0.4, -0.2) is 80.3 Å². The van der Waals surface area contributed by atoms with Gasteiger partial charge in [-0.05, 0) is 47.5 Å². The maximum atomic E-state index is 12.7. The molecule has 2 amide bonds. The lowest BCUT2D eigenvalue weighted by molar-refractivity contribution is -0.130. The average molecular weight is 470 g/mol. The summed E-state index contributed by atoms with van der Waals surface area (Å²) in [5, 5.41) is 15.3. The van der Waals surface area contributed by atoms with Crippen LogP contribution in [0, 0.1) is 13.8 Å². The summed E-state index contributed by atoms with van der Waals surface area (Å²) in [7, 11) is 0. The van der Waals surface area contributed by atoms with Crippen LogP contribution in [0.1, 0.15) is 16.9 Å². The predicted octanol–water partition coefficient (Wildman–Crippen LogP) is 1.81.